The highest BCUT2D eigenvalue weighted by Gasteiger charge is 2.18. The predicted octanol–water partition coefficient (Wildman–Crippen LogP) is -0.0840. The van der Waals surface area contributed by atoms with Crippen LogP contribution in [0.15, 0.2) is 30.3 Å². The van der Waals surface area contributed by atoms with Gasteiger partial charge in [0.15, 0.2) is 6.17 Å². The standard InChI is InChI=1S/C12H17N3O3/c1-9(16)14-11(15-18-2)12(17)13-8-10-6-4-3-5-7-10/h3-7,11,15H,8H2,1-2H3,(H,13,17)(H,14,16)/t11-/m1/s1. The number of carbonyl (C=O) groups excluding carboxylic acids is 2. The van der Waals surface area contributed by atoms with Crippen LogP contribution >= 0.6 is 0 Å². The van der Waals surface area contributed by atoms with Crippen LogP contribution in [0.5, 0.6) is 0 Å². The molecule has 6 heteroatoms. The number of benzene rings is 1. The van der Waals surface area contributed by atoms with E-state index in [1.54, 1.807) is 0 Å². The molecular weight excluding hydrogens is 234 g/mol. The van der Waals surface area contributed by atoms with Crippen LogP contribution in [0.1, 0.15) is 12.5 Å². The number of amides is 2. The molecule has 0 aliphatic heterocycles. The van der Waals surface area contributed by atoms with E-state index in [4.69, 9.17) is 0 Å². The maximum absolute atomic E-state index is 11.8. The maximum Gasteiger partial charge on any atom is 0.259 e. The second kappa shape index (κ2) is 7.41. The zero-order valence-corrected chi connectivity index (χ0v) is 10.4. The van der Waals surface area contributed by atoms with Gasteiger partial charge in [-0.05, 0) is 5.56 Å². The fourth-order valence-corrected chi connectivity index (χ4v) is 1.36. The van der Waals surface area contributed by atoms with E-state index in [1.807, 2.05) is 30.3 Å². The molecular formula is C12H17N3O3. The summed E-state index contributed by atoms with van der Waals surface area (Å²) < 4.78 is 0. The zero-order chi connectivity index (χ0) is 13.4. The fraction of sp³-hybridized carbons (Fsp3) is 0.333. The Bertz CT molecular complexity index is 395. The lowest BCUT2D eigenvalue weighted by atomic mass is 10.2. The first kappa shape index (κ1) is 14.1. The van der Waals surface area contributed by atoms with Crippen LogP contribution in [0.4, 0.5) is 0 Å². The smallest absolute Gasteiger partial charge is 0.259 e. The van der Waals surface area contributed by atoms with Crippen molar-refractivity contribution in [2.24, 2.45) is 0 Å². The lowest BCUT2D eigenvalue weighted by Crippen LogP contribution is -2.54. The largest absolute Gasteiger partial charge is 0.349 e. The molecule has 0 bridgehead atoms. The van der Waals surface area contributed by atoms with Gasteiger partial charge in [0.1, 0.15) is 0 Å². The molecule has 1 rings (SSSR count). The Kier molecular flexibility index (Phi) is 5.83. The number of hydrogen-bond donors (Lipinski definition) is 3. The molecule has 1 aromatic carbocycles. The van der Waals surface area contributed by atoms with Crippen LogP contribution in [-0.4, -0.2) is 25.1 Å². The molecule has 2 amide bonds. The summed E-state index contributed by atoms with van der Waals surface area (Å²) in [6.07, 6.45) is -0.906. The third-order valence-electron chi connectivity index (χ3n) is 2.16. The van der Waals surface area contributed by atoms with Crippen molar-refractivity contribution in [1.29, 1.82) is 0 Å². The Morgan fingerprint density at radius 1 is 1.28 bits per heavy atom. The van der Waals surface area contributed by atoms with E-state index < -0.39 is 6.17 Å². The molecule has 0 fully saturated rings. The van der Waals surface area contributed by atoms with Gasteiger partial charge in [-0.2, -0.15) is 5.48 Å². The number of hydrogen-bond acceptors (Lipinski definition) is 4. The van der Waals surface area contributed by atoms with Crippen LogP contribution in [-0.2, 0) is 21.0 Å². The van der Waals surface area contributed by atoms with Crippen molar-refractivity contribution < 1.29 is 14.4 Å². The summed E-state index contributed by atoms with van der Waals surface area (Å²) in [5, 5.41) is 5.12. The van der Waals surface area contributed by atoms with Gasteiger partial charge in [0.25, 0.3) is 5.91 Å². The lowest BCUT2D eigenvalue weighted by molar-refractivity contribution is -0.133. The van der Waals surface area contributed by atoms with Gasteiger partial charge in [-0.1, -0.05) is 30.3 Å². The maximum atomic E-state index is 11.8. The van der Waals surface area contributed by atoms with Crippen molar-refractivity contribution in [1.82, 2.24) is 16.1 Å². The number of hydroxylamine groups is 1. The summed E-state index contributed by atoms with van der Waals surface area (Å²) in [5.74, 6) is -0.685. The minimum Gasteiger partial charge on any atom is -0.349 e. The van der Waals surface area contributed by atoms with Crippen LogP contribution in [0.3, 0.4) is 0 Å². The minimum atomic E-state index is -0.906. The number of nitrogens with one attached hydrogen (secondary N) is 3. The number of rotatable bonds is 6. The predicted molar refractivity (Wildman–Crippen MR) is 66.0 cm³/mol. The number of carbonyl (C=O) groups is 2. The Hall–Kier alpha value is -1.92. The van der Waals surface area contributed by atoms with E-state index >= 15 is 0 Å². The second-order valence-electron chi connectivity index (χ2n) is 3.66. The molecule has 0 radical (unpaired) electrons. The summed E-state index contributed by atoms with van der Waals surface area (Å²) in [6.45, 7) is 1.72. The highest BCUT2D eigenvalue weighted by molar-refractivity contribution is 5.86. The van der Waals surface area contributed by atoms with Gasteiger partial charge < -0.3 is 15.5 Å². The summed E-state index contributed by atoms with van der Waals surface area (Å²) in [7, 11) is 1.37. The van der Waals surface area contributed by atoms with Crippen LogP contribution < -0.4 is 16.1 Å². The summed E-state index contributed by atoms with van der Waals surface area (Å²) in [5.41, 5.74) is 3.38. The van der Waals surface area contributed by atoms with Gasteiger partial charge >= 0.3 is 0 Å². The fourth-order valence-electron chi connectivity index (χ4n) is 1.36. The highest BCUT2D eigenvalue weighted by Crippen LogP contribution is 1.97. The van der Waals surface area contributed by atoms with Crippen LogP contribution in [0.25, 0.3) is 0 Å². The van der Waals surface area contributed by atoms with Crippen LogP contribution in [0.2, 0.25) is 0 Å². The van der Waals surface area contributed by atoms with Gasteiger partial charge in [-0.15, -0.1) is 0 Å². The molecule has 0 aliphatic rings. The lowest BCUT2D eigenvalue weighted by Gasteiger charge is -2.17. The van der Waals surface area contributed by atoms with E-state index in [9.17, 15) is 9.59 Å². The van der Waals surface area contributed by atoms with Gasteiger partial charge in [0.05, 0.1) is 7.11 Å². The molecule has 0 heterocycles. The van der Waals surface area contributed by atoms with Crippen LogP contribution in [0, 0.1) is 0 Å². The first-order valence-electron chi connectivity index (χ1n) is 5.50. The normalized spacial score (nSPS) is 11.7. The monoisotopic (exact) mass is 251 g/mol. The van der Waals surface area contributed by atoms with Crippen molar-refractivity contribution in [3.8, 4) is 0 Å². The Morgan fingerprint density at radius 2 is 1.94 bits per heavy atom. The van der Waals surface area contributed by atoms with Crippen molar-refractivity contribution in [2.45, 2.75) is 19.6 Å². The van der Waals surface area contributed by atoms with Gasteiger partial charge in [-0.25, -0.2) is 0 Å². The van der Waals surface area contributed by atoms with Crippen molar-refractivity contribution in [3.05, 3.63) is 35.9 Å². The molecule has 0 aromatic heterocycles. The van der Waals surface area contributed by atoms with Gasteiger partial charge in [0, 0.05) is 13.5 Å². The first-order chi connectivity index (χ1) is 8.63. The summed E-state index contributed by atoms with van der Waals surface area (Å²) in [4.78, 5) is 27.3. The second-order valence-corrected chi connectivity index (χ2v) is 3.66. The zero-order valence-electron chi connectivity index (χ0n) is 10.4. The molecule has 98 valence electrons. The SMILES string of the molecule is CON[C@@H](NC(C)=O)C(=O)NCc1ccccc1. The molecule has 1 atom stereocenters. The van der Waals surface area contributed by atoms with Crippen molar-refractivity contribution >= 4 is 11.8 Å². The third-order valence-corrected chi connectivity index (χ3v) is 2.16. The highest BCUT2D eigenvalue weighted by atomic mass is 16.6. The molecule has 0 saturated carbocycles. The third kappa shape index (κ3) is 4.94. The Morgan fingerprint density at radius 3 is 2.50 bits per heavy atom. The molecule has 0 unspecified atom stereocenters. The minimum absolute atomic E-state index is 0.320. The summed E-state index contributed by atoms with van der Waals surface area (Å²) >= 11 is 0. The van der Waals surface area contributed by atoms with E-state index in [1.165, 1.54) is 14.0 Å². The molecule has 0 saturated heterocycles. The molecule has 0 spiro atoms. The average molecular weight is 251 g/mol. The topological polar surface area (TPSA) is 79.5 Å². The van der Waals surface area contributed by atoms with Gasteiger partial charge in [-0.3, -0.25) is 9.59 Å². The first-order valence-corrected chi connectivity index (χ1v) is 5.50. The Balaban J connectivity index is 2.48. The van der Waals surface area contributed by atoms with Crippen molar-refractivity contribution in [3.63, 3.8) is 0 Å². The van der Waals surface area contributed by atoms with Crippen molar-refractivity contribution in [2.75, 3.05) is 7.11 Å². The molecule has 3 N–H and O–H groups in total. The Labute approximate surface area is 106 Å². The quantitative estimate of drug-likeness (QED) is 0.488. The van der Waals surface area contributed by atoms with E-state index in [-0.39, 0.29) is 11.8 Å². The van der Waals surface area contributed by atoms with E-state index in [0.29, 0.717) is 6.54 Å². The summed E-state index contributed by atoms with van der Waals surface area (Å²) in [6, 6.07) is 9.48. The van der Waals surface area contributed by atoms with E-state index in [2.05, 4.69) is 21.0 Å². The van der Waals surface area contributed by atoms with Gasteiger partial charge in [0.2, 0.25) is 5.91 Å². The molecule has 6 nitrogen and oxygen atoms in total. The molecule has 1 aromatic rings. The molecule has 0 aliphatic carbocycles. The average Bonchev–Trinajstić information content (AvgIpc) is 2.36. The van der Waals surface area contributed by atoms with E-state index in [0.717, 1.165) is 5.56 Å². The molecule has 18 heavy (non-hydrogen) atoms.